The average molecular weight is 810 g/mol. The molecule has 3 heterocycles. The minimum atomic E-state index is -0.495. The molecule has 0 unspecified atom stereocenters. The van der Waals surface area contributed by atoms with Crippen molar-refractivity contribution < 1.29 is 0 Å². The highest BCUT2D eigenvalue weighted by Gasteiger charge is 2.61. The SMILES string of the molecule is c1ccc(-c2cc3c(s2)C2(c4ccccc4-c4ccccc42)c2cc(-c4ccc(-n5c6ccccc6c6ccccc65)cc4)sc2C32c3ccccc3-c3ccccc32)cc1. The fraction of sp³-hybridized carbons (Fsp3) is 0.0345. The van der Waals surface area contributed by atoms with Crippen molar-refractivity contribution in [2.45, 2.75) is 10.8 Å². The number of hydrogen-bond acceptors (Lipinski definition) is 2. The highest BCUT2D eigenvalue weighted by atomic mass is 32.1. The van der Waals surface area contributed by atoms with Gasteiger partial charge in [-0.25, -0.2) is 0 Å². The van der Waals surface area contributed by atoms with E-state index in [-0.39, 0.29) is 0 Å². The molecule has 0 amide bonds. The molecule has 3 aromatic heterocycles. The van der Waals surface area contributed by atoms with Gasteiger partial charge in [0.15, 0.2) is 0 Å². The molecule has 0 N–H and O–H groups in total. The van der Waals surface area contributed by atoms with E-state index in [9.17, 15) is 0 Å². The minimum absolute atomic E-state index is 0.495. The molecule has 0 atom stereocenters. The third-order valence-electron chi connectivity index (χ3n) is 13.9. The lowest BCUT2D eigenvalue weighted by molar-refractivity contribution is 0.662. The Labute approximate surface area is 362 Å². The Kier molecular flexibility index (Phi) is 6.79. The highest BCUT2D eigenvalue weighted by Crippen LogP contribution is 2.71. The summed E-state index contributed by atoms with van der Waals surface area (Å²) < 4.78 is 2.42. The van der Waals surface area contributed by atoms with Crippen LogP contribution in [0.5, 0.6) is 0 Å². The van der Waals surface area contributed by atoms with E-state index >= 15 is 0 Å². The van der Waals surface area contributed by atoms with E-state index in [1.807, 2.05) is 22.7 Å². The molecular weight excluding hydrogens is 775 g/mol. The minimum Gasteiger partial charge on any atom is -0.309 e. The van der Waals surface area contributed by atoms with Crippen LogP contribution in [0.25, 0.3) is 70.6 Å². The fourth-order valence-electron chi connectivity index (χ4n) is 11.5. The van der Waals surface area contributed by atoms with Crippen molar-refractivity contribution in [3.05, 3.63) is 255 Å². The average Bonchev–Trinajstić information content (AvgIpc) is 4.16. The van der Waals surface area contributed by atoms with Gasteiger partial charge >= 0.3 is 0 Å². The van der Waals surface area contributed by atoms with Crippen molar-refractivity contribution >= 4 is 44.5 Å². The van der Waals surface area contributed by atoms with Gasteiger partial charge in [-0.3, -0.25) is 0 Å². The van der Waals surface area contributed by atoms with Gasteiger partial charge in [0.1, 0.15) is 0 Å². The van der Waals surface area contributed by atoms with Crippen LogP contribution in [0.15, 0.2) is 212 Å². The molecule has 14 rings (SSSR count). The molecule has 284 valence electrons. The van der Waals surface area contributed by atoms with E-state index in [1.165, 1.54) is 114 Å². The first-order valence-electron chi connectivity index (χ1n) is 21.1. The number of para-hydroxylation sites is 2. The summed E-state index contributed by atoms with van der Waals surface area (Å²) in [6.07, 6.45) is 0. The summed E-state index contributed by atoms with van der Waals surface area (Å²) in [6, 6.07) is 80.0. The van der Waals surface area contributed by atoms with Crippen LogP contribution in [0.3, 0.4) is 0 Å². The number of hydrogen-bond donors (Lipinski definition) is 0. The van der Waals surface area contributed by atoms with Crippen LogP contribution in [-0.2, 0) is 10.8 Å². The molecule has 2 spiro atoms. The van der Waals surface area contributed by atoms with Crippen LogP contribution in [0.2, 0.25) is 0 Å². The van der Waals surface area contributed by atoms with Crippen molar-refractivity contribution in [1.82, 2.24) is 4.57 Å². The zero-order chi connectivity index (χ0) is 39.9. The first-order valence-corrected chi connectivity index (χ1v) is 22.7. The third kappa shape index (κ3) is 4.20. The highest BCUT2D eigenvalue weighted by molar-refractivity contribution is 7.17. The van der Waals surface area contributed by atoms with E-state index in [0.29, 0.717) is 0 Å². The Morgan fingerprint density at radius 1 is 0.311 bits per heavy atom. The Balaban J connectivity index is 1.08. The van der Waals surface area contributed by atoms with Crippen LogP contribution in [0.4, 0.5) is 0 Å². The van der Waals surface area contributed by atoms with E-state index in [0.717, 1.165) is 0 Å². The van der Waals surface area contributed by atoms with Gasteiger partial charge in [-0.05, 0) is 103 Å². The first-order chi connectivity index (χ1) is 30.3. The lowest BCUT2D eigenvalue weighted by atomic mass is 9.58. The summed E-state index contributed by atoms with van der Waals surface area (Å²) >= 11 is 3.99. The lowest BCUT2D eigenvalue weighted by Crippen LogP contribution is -2.41. The quantitative estimate of drug-likeness (QED) is 0.168. The molecule has 0 saturated carbocycles. The van der Waals surface area contributed by atoms with Crippen molar-refractivity contribution in [3.63, 3.8) is 0 Å². The summed E-state index contributed by atoms with van der Waals surface area (Å²) in [6.45, 7) is 0. The van der Waals surface area contributed by atoms with Gasteiger partial charge < -0.3 is 4.57 Å². The lowest BCUT2D eigenvalue weighted by Gasteiger charge is -2.45. The van der Waals surface area contributed by atoms with Gasteiger partial charge in [0.25, 0.3) is 0 Å². The Bertz CT molecular complexity index is 3310. The molecule has 0 radical (unpaired) electrons. The van der Waals surface area contributed by atoms with Crippen LogP contribution in [-0.4, -0.2) is 4.57 Å². The second kappa shape index (κ2) is 12.3. The zero-order valence-electron chi connectivity index (χ0n) is 33.0. The number of rotatable bonds is 3. The topological polar surface area (TPSA) is 4.93 Å². The van der Waals surface area contributed by atoms with Gasteiger partial charge in [0.05, 0.1) is 21.9 Å². The molecule has 0 bridgehead atoms. The summed E-state index contributed by atoms with van der Waals surface area (Å²) in [5.41, 5.74) is 18.8. The Morgan fingerprint density at radius 3 is 1.11 bits per heavy atom. The number of aromatic nitrogens is 1. The van der Waals surface area contributed by atoms with Crippen molar-refractivity contribution in [2.75, 3.05) is 0 Å². The monoisotopic (exact) mass is 809 g/mol. The molecule has 0 saturated heterocycles. The predicted molar refractivity (Wildman–Crippen MR) is 256 cm³/mol. The Hall–Kier alpha value is -7.04. The van der Waals surface area contributed by atoms with Crippen LogP contribution < -0.4 is 0 Å². The molecule has 61 heavy (non-hydrogen) atoms. The van der Waals surface area contributed by atoms with Crippen molar-refractivity contribution in [2.24, 2.45) is 0 Å². The maximum absolute atomic E-state index is 2.59. The van der Waals surface area contributed by atoms with Crippen molar-refractivity contribution in [3.8, 4) is 48.8 Å². The van der Waals surface area contributed by atoms with E-state index in [1.54, 1.807) is 0 Å². The molecule has 1 nitrogen and oxygen atoms in total. The second-order valence-electron chi connectivity index (χ2n) is 16.7. The molecule has 11 aromatic rings. The van der Waals surface area contributed by atoms with E-state index < -0.39 is 10.8 Å². The van der Waals surface area contributed by atoms with Crippen LogP contribution >= 0.6 is 22.7 Å². The number of benzene rings is 8. The number of fused-ring (bicyclic) bond motifs is 19. The largest absolute Gasteiger partial charge is 0.309 e. The van der Waals surface area contributed by atoms with Gasteiger partial charge in [0, 0.05) is 36.0 Å². The normalized spacial score (nSPS) is 14.5. The van der Waals surface area contributed by atoms with Gasteiger partial charge in [-0.15, -0.1) is 22.7 Å². The molecule has 8 aromatic carbocycles. The molecule has 0 aliphatic heterocycles. The molecule has 3 aliphatic rings. The number of nitrogens with zero attached hydrogens (tertiary/aromatic N) is 1. The standard InChI is InChI=1S/C58H35NS2/c1-2-16-36(17-3-1)53-34-49-55(60-53)58(47-26-12-6-20-41(47)42-21-7-13-27-48(42)58)50-35-54(61-56(50)57(49)45-24-10-4-18-39(45)40-19-5-11-25-46(40)57)37-30-32-38(33-31-37)59-51-28-14-8-22-43(51)44-23-9-15-29-52(44)59/h1-35H. The van der Waals surface area contributed by atoms with Crippen LogP contribution in [0.1, 0.15) is 43.1 Å². The van der Waals surface area contributed by atoms with Crippen molar-refractivity contribution in [1.29, 1.82) is 0 Å². The summed E-state index contributed by atoms with van der Waals surface area (Å²) in [4.78, 5) is 5.44. The van der Waals surface area contributed by atoms with Gasteiger partial charge in [-0.1, -0.05) is 176 Å². The molecule has 3 heteroatoms. The Morgan fingerprint density at radius 2 is 0.672 bits per heavy atom. The fourth-order valence-corrected chi connectivity index (χ4v) is 14.5. The number of thiophene rings is 2. The van der Waals surface area contributed by atoms with Crippen LogP contribution in [0, 0.1) is 0 Å². The smallest absolute Gasteiger partial charge is 0.0821 e. The van der Waals surface area contributed by atoms with Gasteiger partial charge in [-0.2, -0.15) is 0 Å². The molecular formula is C58H35NS2. The zero-order valence-corrected chi connectivity index (χ0v) is 34.6. The molecule has 3 aliphatic carbocycles. The van der Waals surface area contributed by atoms with E-state index in [4.69, 9.17) is 0 Å². The predicted octanol–water partition coefficient (Wildman–Crippen LogP) is 15.3. The first kappa shape index (κ1) is 33.8. The second-order valence-corrected chi connectivity index (χ2v) is 18.8. The summed E-state index contributed by atoms with van der Waals surface area (Å²) in [5, 5.41) is 2.56. The van der Waals surface area contributed by atoms with E-state index in [2.05, 4.69) is 217 Å². The van der Waals surface area contributed by atoms with Gasteiger partial charge in [0.2, 0.25) is 0 Å². The third-order valence-corrected chi connectivity index (χ3v) is 16.5. The summed E-state index contributed by atoms with van der Waals surface area (Å²) in [7, 11) is 0. The summed E-state index contributed by atoms with van der Waals surface area (Å²) in [5.74, 6) is 0. The maximum atomic E-state index is 2.59. The molecule has 0 fully saturated rings. The maximum Gasteiger partial charge on any atom is 0.0821 e.